The third-order valence-electron chi connectivity index (χ3n) is 1.90. The first-order valence-electron chi connectivity index (χ1n) is 4.44. The highest BCUT2D eigenvalue weighted by molar-refractivity contribution is 9.10. The lowest BCUT2D eigenvalue weighted by Gasteiger charge is -2.12. The van der Waals surface area contributed by atoms with Crippen LogP contribution in [0, 0.1) is 5.92 Å². The minimum atomic E-state index is 0.179. The maximum absolute atomic E-state index is 8.85. The van der Waals surface area contributed by atoms with Crippen molar-refractivity contribution in [1.29, 1.82) is 0 Å². The normalized spacial score (nSPS) is 12.6. The molecule has 0 heterocycles. The van der Waals surface area contributed by atoms with Crippen LogP contribution >= 0.6 is 27.5 Å². The van der Waals surface area contributed by atoms with Gasteiger partial charge in [0.2, 0.25) is 0 Å². The minimum absolute atomic E-state index is 0.179. The Labute approximate surface area is 97.4 Å². The highest BCUT2D eigenvalue weighted by atomic mass is 79.9. The van der Waals surface area contributed by atoms with Crippen molar-refractivity contribution in [2.45, 2.75) is 6.92 Å². The second-order valence-corrected chi connectivity index (χ2v) is 4.50. The third kappa shape index (κ3) is 3.15. The summed E-state index contributed by atoms with van der Waals surface area (Å²) in [4.78, 5) is 0. The van der Waals surface area contributed by atoms with E-state index in [1.54, 1.807) is 0 Å². The first-order chi connectivity index (χ1) is 6.65. The van der Waals surface area contributed by atoms with E-state index in [9.17, 15) is 0 Å². The molecular weight excluding hydrogens is 265 g/mol. The van der Waals surface area contributed by atoms with Gasteiger partial charge in [-0.05, 0) is 34.0 Å². The van der Waals surface area contributed by atoms with E-state index in [4.69, 9.17) is 16.7 Å². The zero-order chi connectivity index (χ0) is 10.6. The molecule has 0 aliphatic heterocycles. The van der Waals surface area contributed by atoms with Crippen LogP contribution in [-0.4, -0.2) is 18.3 Å². The molecule has 1 aromatic rings. The van der Waals surface area contributed by atoms with E-state index in [0.717, 1.165) is 10.2 Å². The van der Waals surface area contributed by atoms with Crippen molar-refractivity contribution >= 4 is 33.2 Å². The second-order valence-electron chi connectivity index (χ2n) is 3.27. The van der Waals surface area contributed by atoms with Gasteiger partial charge in [-0.25, -0.2) is 0 Å². The van der Waals surface area contributed by atoms with Crippen LogP contribution in [0.2, 0.25) is 5.02 Å². The fourth-order valence-electron chi connectivity index (χ4n) is 0.989. The maximum atomic E-state index is 8.85. The monoisotopic (exact) mass is 277 g/mol. The van der Waals surface area contributed by atoms with Gasteiger partial charge in [-0.15, -0.1) is 0 Å². The van der Waals surface area contributed by atoms with E-state index in [0.29, 0.717) is 11.6 Å². The van der Waals surface area contributed by atoms with Gasteiger partial charge in [-0.3, -0.25) is 0 Å². The van der Waals surface area contributed by atoms with Gasteiger partial charge in [0.05, 0.1) is 10.7 Å². The molecule has 0 amide bonds. The van der Waals surface area contributed by atoms with Gasteiger partial charge in [0, 0.05) is 17.6 Å². The van der Waals surface area contributed by atoms with E-state index in [1.165, 1.54) is 0 Å². The summed E-state index contributed by atoms with van der Waals surface area (Å²) in [5.41, 5.74) is 0.890. The molecule has 0 spiro atoms. The molecule has 0 fully saturated rings. The molecule has 1 atom stereocenters. The molecule has 14 heavy (non-hydrogen) atoms. The van der Waals surface area contributed by atoms with Crippen LogP contribution in [0.5, 0.6) is 0 Å². The largest absolute Gasteiger partial charge is 0.396 e. The van der Waals surface area contributed by atoms with Gasteiger partial charge < -0.3 is 10.4 Å². The lowest BCUT2D eigenvalue weighted by molar-refractivity contribution is 0.244. The number of benzene rings is 1. The lowest BCUT2D eigenvalue weighted by Crippen LogP contribution is -2.14. The van der Waals surface area contributed by atoms with Gasteiger partial charge in [0.15, 0.2) is 0 Å². The number of anilines is 1. The summed E-state index contributed by atoms with van der Waals surface area (Å²) in [6, 6.07) is 5.72. The Hall–Kier alpha value is -0.250. The summed E-state index contributed by atoms with van der Waals surface area (Å²) >= 11 is 9.40. The number of aliphatic hydroxyl groups excluding tert-OH is 1. The van der Waals surface area contributed by atoms with Gasteiger partial charge in [0.1, 0.15) is 0 Å². The SMILES string of the molecule is CC(CO)CNc1cccc(Br)c1Cl. The van der Waals surface area contributed by atoms with Crippen molar-refractivity contribution in [3.8, 4) is 0 Å². The average Bonchev–Trinajstić information content (AvgIpc) is 2.20. The first kappa shape index (κ1) is 11.8. The fraction of sp³-hybridized carbons (Fsp3) is 0.400. The Morgan fingerprint density at radius 2 is 2.29 bits per heavy atom. The van der Waals surface area contributed by atoms with Crippen molar-refractivity contribution in [3.05, 3.63) is 27.7 Å². The molecule has 0 aliphatic rings. The highest BCUT2D eigenvalue weighted by Gasteiger charge is 2.04. The van der Waals surface area contributed by atoms with Crippen LogP contribution in [0.25, 0.3) is 0 Å². The Bertz CT molecular complexity index is 306. The third-order valence-corrected chi connectivity index (χ3v) is 3.20. The standard InChI is InChI=1S/C10H13BrClNO/c1-7(6-14)5-13-9-4-2-3-8(11)10(9)12/h2-4,7,13-14H,5-6H2,1H3. The number of nitrogens with one attached hydrogen (secondary N) is 1. The van der Waals surface area contributed by atoms with Crippen molar-refractivity contribution in [2.24, 2.45) is 5.92 Å². The molecule has 0 saturated heterocycles. The van der Waals surface area contributed by atoms with Gasteiger partial charge in [-0.1, -0.05) is 24.6 Å². The van der Waals surface area contributed by atoms with Gasteiger partial charge >= 0.3 is 0 Å². The molecule has 0 aromatic heterocycles. The van der Waals surface area contributed by atoms with E-state index in [-0.39, 0.29) is 12.5 Å². The van der Waals surface area contributed by atoms with Crippen molar-refractivity contribution in [3.63, 3.8) is 0 Å². The molecular formula is C10H13BrClNO. The Kier molecular flexibility index (Phi) is 4.72. The Morgan fingerprint density at radius 1 is 1.57 bits per heavy atom. The molecule has 1 aromatic carbocycles. The first-order valence-corrected chi connectivity index (χ1v) is 5.61. The zero-order valence-corrected chi connectivity index (χ0v) is 10.3. The molecule has 0 radical (unpaired) electrons. The predicted molar refractivity (Wildman–Crippen MR) is 63.9 cm³/mol. The Morgan fingerprint density at radius 3 is 2.93 bits per heavy atom. The van der Waals surface area contributed by atoms with Crippen molar-refractivity contribution in [1.82, 2.24) is 0 Å². The summed E-state index contributed by atoms with van der Waals surface area (Å²) in [7, 11) is 0. The summed E-state index contributed by atoms with van der Waals surface area (Å²) in [6.45, 7) is 2.87. The van der Waals surface area contributed by atoms with E-state index < -0.39 is 0 Å². The molecule has 78 valence electrons. The summed E-state index contributed by atoms with van der Waals surface area (Å²) in [6.07, 6.45) is 0. The molecule has 1 unspecified atom stereocenters. The predicted octanol–water partition coefficient (Wildman–Crippen LogP) is 3.14. The van der Waals surface area contributed by atoms with Gasteiger partial charge in [-0.2, -0.15) is 0 Å². The summed E-state index contributed by atoms with van der Waals surface area (Å²) in [5.74, 6) is 0.227. The molecule has 2 nitrogen and oxygen atoms in total. The minimum Gasteiger partial charge on any atom is -0.396 e. The number of rotatable bonds is 4. The van der Waals surface area contributed by atoms with Crippen LogP contribution < -0.4 is 5.32 Å². The average molecular weight is 279 g/mol. The topological polar surface area (TPSA) is 32.3 Å². The van der Waals surface area contributed by atoms with E-state index in [2.05, 4.69) is 21.2 Å². The summed E-state index contributed by atoms with van der Waals surface area (Å²) < 4.78 is 0.876. The van der Waals surface area contributed by atoms with Crippen molar-refractivity contribution < 1.29 is 5.11 Å². The molecule has 4 heteroatoms. The van der Waals surface area contributed by atoms with Crippen LogP contribution in [0.3, 0.4) is 0 Å². The number of hydrogen-bond donors (Lipinski definition) is 2. The van der Waals surface area contributed by atoms with Crippen LogP contribution in [0.1, 0.15) is 6.92 Å². The quantitative estimate of drug-likeness (QED) is 0.887. The van der Waals surface area contributed by atoms with Crippen LogP contribution in [-0.2, 0) is 0 Å². The number of aliphatic hydroxyl groups is 1. The van der Waals surface area contributed by atoms with Crippen molar-refractivity contribution in [2.75, 3.05) is 18.5 Å². The van der Waals surface area contributed by atoms with Crippen LogP contribution in [0.4, 0.5) is 5.69 Å². The Balaban J connectivity index is 2.63. The molecule has 0 saturated carbocycles. The molecule has 0 aliphatic carbocycles. The van der Waals surface area contributed by atoms with E-state index >= 15 is 0 Å². The molecule has 2 N–H and O–H groups in total. The highest BCUT2D eigenvalue weighted by Crippen LogP contribution is 2.29. The second kappa shape index (κ2) is 5.59. The maximum Gasteiger partial charge on any atom is 0.0779 e. The molecule has 1 rings (SSSR count). The van der Waals surface area contributed by atoms with Crippen LogP contribution in [0.15, 0.2) is 22.7 Å². The number of halogens is 2. The number of hydrogen-bond acceptors (Lipinski definition) is 2. The van der Waals surface area contributed by atoms with E-state index in [1.807, 2.05) is 25.1 Å². The smallest absolute Gasteiger partial charge is 0.0779 e. The fourth-order valence-corrected chi connectivity index (χ4v) is 1.55. The zero-order valence-electron chi connectivity index (χ0n) is 7.93. The lowest BCUT2D eigenvalue weighted by atomic mass is 10.2. The van der Waals surface area contributed by atoms with Gasteiger partial charge in [0.25, 0.3) is 0 Å². The molecule has 0 bridgehead atoms. The summed E-state index contributed by atoms with van der Waals surface area (Å²) in [5, 5.41) is 12.7.